The van der Waals surface area contributed by atoms with Crippen LogP contribution in [0.5, 0.6) is 0 Å². The van der Waals surface area contributed by atoms with Crippen molar-refractivity contribution >= 4 is 17.3 Å². The molecule has 0 spiro atoms. The zero-order valence-electron chi connectivity index (χ0n) is 16.2. The molecule has 0 atom stereocenters. The van der Waals surface area contributed by atoms with Gasteiger partial charge in [0.15, 0.2) is 11.8 Å². The minimum atomic E-state index is -0.215. The molecule has 3 aromatic rings. The van der Waals surface area contributed by atoms with Crippen molar-refractivity contribution in [3.05, 3.63) is 69.7 Å². The maximum absolute atomic E-state index is 13.0. The lowest BCUT2D eigenvalue weighted by atomic mass is 10.1. The molecule has 2 aromatic heterocycles. The molecule has 1 aromatic carbocycles. The van der Waals surface area contributed by atoms with Gasteiger partial charge in [-0.3, -0.25) is 0 Å². The molecule has 0 amide bonds. The molecule has 8 heteroatoms. The predicted molar refractivity (Wildman–Crippen MR) is 111 cm³/mol. The highest BCUT2D eigenvalue weighted by Crippen LogP contribution is 2.08. The number of hydrogen-bond donors (Lipinski definition) is 2. The van der Waals surface area contributed by atoms with E-state index in [1.807, 2.05) is 18.5 Å². The molecule has 0 bridgehead atoms. The van der Waals surface area contributed by atoms with E-state index in [1.165, 1.54) is 17.0 Å². The third kappa shape index (κ3) is 5.88. The average Bonchev–Trinajstić information content (AvgIpc) is 3.32. The van der Waals surface area contributed by atoms with E-state index in [2.05, 4.69) is 43.3 Å². The summed E-state index contributed by atoms with van der Waals surface area (Å²) in [6, 6.07) is 10.8. The second-order valence-corrected chi connectivity index (χ2v) is 7.48. The first-order valence-corrected chi connectivity index (χ1v) is 10.1. The van der Waals surface area contributed by atoms with Crippen molar-refractivity contribution in [2.45, 2.75) is 26.3 Å². The Morgan fingerprint density at radius 2 is 1.86 bits per heavy atom. The van der Waals surface area contributed by atoms with Crippen LogP contribution in [-0.4, -0.2) is 33.8 Å². The van der Waals surface area contributed by atoms with Crippen LogP contribution in [0.25, 0.3) is 0 Å². The van der Waals surface area contributed by atoms with Crippen LogP contribution in [0.15, 0.2) is 46.8 Å². The molecule has 2 N–H and O–H groups in total. The van der Waals surface area contributed by atoms with Crippen LogP contribution in [0.1, 0.15) is 22.1 Å². The van der Waals surface area contributed by atoms with Gasteiger partial charge in [-0.05, 0) is 48.9 Å². The first kappa shape index (κ1) is 20.0. The largest absolute Gasteiger partial charge is 0.356 e. The lowest BCUT2D eigenvalue weighted by molar-refractivity contribution is 0.626. The van der Waals surface area contributed by atoms with Gasteiger partial charge in [-0.15, -0.1) is 21.5 Å². The second-order valence-electron chi connectivity index (χ2n) is 6.45. The minimum Gasteiger partial charge on any atom is -0.356 e. The standard InChI is InChI=1S/C20H25FN6S/c1-15-25-26-19(27(15)2)14-24-20(23-12-10-18-4-3-13-28-18)22-11-9-16-5-7-17(21)8-6-16/h3-8,13H,9-12,14H2,1-2H3,(H2,22,23,24). The molecular weight excluding hydrogens is 375 g/mol. The van der Waals surface area contributed by atoms with Gasteiger partial charge in [0.2, 0.25) is 0 Å². The van der Waals surface area contributed by atoms with Crippen molar-refractivity contribution in [1.29, 1.82) is 0 Å². The van der Waals surface area contributed by atoms with E-state index in [0.717, 1.165) is 42.6 Å². The number of nitrogens with zero attached hydrogens (tertiary/aromatic N) is 4. The van der Waals surface area contributed by atoms with Crippen LogP contribution in [0.3, 0.4) is 0 Å². The summed E-state index contributed by atoms with van der Waals surface area (Å²) in [5.74, 6) is 2.20. The Morgan fingerprint density at radius 3 is 2.50 bits per heavy atom. The fraction of sp³-hybridized carbons (Fsp3) is 0.350. The average molecular weight is 401 g/mol. The van der Waals surface area contributed by atoms with E-state index in [0.29, 0.717) is 13.1 Å². The summed E-state index contributed by atoms with van der Waals surface area (Å²) >= 11 is 1.75. The van der Waals surface area contributed by atoms with Gasteiger partial charge in [0, 0.05) is 25.0 Å². The Hall–Kier alpha value is -2.74. The summed E-state index contributed by atoms with van der Waals surface area (Å²) in [5, 5.41) is 17.0. The molecule has 148 valence electrons. The molecule has 2 heterocycles. The molecule has 0 saturated heterocycles. The lowest BCUT2D eigenvalue weighted by Crippen LogP contribution is -2.39. The van der Waals surface area contributed by atoms with Gasteiger partial charge >= 0.3 is 0 Å². The van der Waals surface area contributed by atoms with Gasteiger partial charge in [-0.25, -0.2) is 9.38 Å². The van der Waals surface area contributed by atoms with Crippen LogP contribution < -0.4 is 10.6 Å². The zero-order valence-corrected chi connectivity index (χ0v) is 17.0. The Bertz CT molecular complexity index is 886. The summed E-state index contributed by atoms with van der Waals surface area (Å²) in [4.78, 5) is 5.98. The summed E-state index contributed by atoms with van der Waals surface area (Å²) in [5.41, 5.74) is 1.08. The van der Waals surface area contributed by atoms with Crippen molar-refractivity contribution < 1.29 is 4.39 Å². The van der Waals surface area contributed by atoms with E-state index in [-0.39, 0.29) is 5.82 Å². The number of halogens is 1. The van der Waals surface area contributed by atoms with Gasteiger partial charge in [0.1, 0.15) is 18.2 Å². The highest BCUT2D eigenvalue weighted by Gasteiger charge is 2.05. The lowest BCUT2D eigenvalue weighted by Gasteiger charge is -2.12. The molecule has 28 heavy (non-hydrogen) atoms. The number of rotatable bonds is 8. The molecule has 0 aliphatic rings. The third-order valence-electron chi connectivity index (χ3n) is 4.42. The van der Waals surface area contributed by atoms with Crippen molar-refractivity contribution in [2.24, 2.45) is 12.0 Å². The highest BCUT2D eigenvalue weighted by molar-refractivity contribution is 7.09. The quantitative estimate of drug-likeness (QED) is 0.451. The van der Waals surface area contributed by atoms with Crippen LogP contribution in [-0.2, 0) is 26.4 Å². The normalized spacial score (nSPS) is 11.6. The fourth-order valence-corrected chi connectivity index (χ4v) is 3.36. The van der Waals surface area contributed by atoms with Gasteiger partial charge < -0.3 is 15.2 Å². The highest BCUT2D eigenvalue weighted by atomic mass is 32.1. The Morgan fingerprint density at radius 1 is 1.11 bits per heavy atom. The van der Waals surface area contributed by atoms with E-state index >= 15 is 0 Å². The third-order valence-corrected chi connectivity index (χ3v) is 5.36. The predicted octanol–water partition coefficient (Wildman–Crippen LogP) is 2.84. The van der Waals surface area contributed by atoms with Gasteiger partial charge in [-0.2, -0.15) is 0 Å². The monoisotopic (exact) mass is 400 g/mol. The Balaban J connectivity index is 1.56. The fourth-order valence-electron chi connectivity index (χ4n) is 2.65. The molecule has 0 unspecified atom stereocenters. The summed E-state index contributed by atoms with van der Waals surface area (Å²) in [7, 11) is 1.94. The van der Waals surface area contributed by atoms with Crippen molar-refractivity contribution in [2.75, 3.05) is 13.1 Å². The van der Waals surface area contributed by atoms with E-state index in [4.69, 9.17) is 0 Å². The Labute approximate surface area is 168 Å². The van der Waals surface area contributed by atoms with Crippen LogP contribution in [0, 0.1) is 12.7 Å². The minimum absolute atomic E-state index is 0.215. The molecule has 0 aliphatic carbocycles. The summed E-state index contributed by atoms with van der Waals surface area (Å²) < 4.78 is 15.0. The number of hydrogen-bond acceptors (Lipinski definition) is 4. The SMILES string of the molecule is Cc1nnc(CN=C(NCCc2ccc(F)cc2)NCCc2cccs2)n1C. The van der Waals surface area contributed by atoms with E-state index < -0.39 is 0 Å². The molecule has 0 radical (unpaired) electrons. The number of thiophene rings is 1. The smallest absolute Gasteiger partial charge is 0.191 e. The second kappa shape index (κ2) is 9.98. The number of aryl methyl sites for hydroxylation is 1. The first-order chi connectivity index (χ1) is 13.6. The number of benzene rings is 1. The maximum Gasteiger partial charge on any atom is 0.191 e. The number of nitrogens with one attached hydrogen (secondary N) is 2. The van der Waals surface area contributed by atoms with Gasteiger partial charge in [0.05, 0.1) is 0 Å². The van der Waals surface area contributed by atoms with Crippen molar-refractivity contribution in [3.8, 4) is 0 Å². The molecule has 3 rings (SSSR count). The Kier molecular flexibility index (Phi) is 7.13. The number of aromatic nitrogens is 3. The van der Waals surface area contributed by atoms with Gasteiger partial charge in [0.25, 0.3) is 0 Å². The molecule has 0 fully saturated rings. The molecular formula is C20H25FN6S. The van der Waals surface area contributed by atoms with Crippen LogP contribution >= 0.6 is 11.3 Å². The van der Waals surface area contributed by atoms with E-state index in [1.54, 1.807) is 23.5 Å². The van der Waals surface area contributed by atoms with Crippen LogP contribution in [0.2, 0.25) is 0 Å². The topological polar surface area (TPSA) is 67.1 Å². The number of guanidine groups is 1. The molecule has 0 saturated carbocycles. The summed E-state index contributed by atoms with van der Waals surface area (Å²) in [6.45, 7) is 3.86. The van der Waals surface area contributed by atoms with Crippen molar-refractivity contribution in [3.63, 3.8) is 0 Å². The van der Waals surface area contributed by atoms with Crippen molar-refractivity contribution in [1.82, 2.24) is 25.4 Å². The molecule has 6 nitrogen and oxygen atoms in total. The molecule has 0 aliphatic heterocycles. The first-order valence-electron chi connectivity index (χ1n) is 9.25. The maximum atomic E-state index is 13.0. The summed E-state index contributed by atoms with van der Waals surface area (Å²) in [6.07, 6.45) is 1.73. The number of aliphatic imine (C=N–C) groups is 1. The van der Waals surface area contributed by atoms with Crippen LogP contribution in [0.4, 0.5) is 4.39 Å². The van der Waals surface area contributed by atoms with Gasteiger partial charge in [-0.1, -0.05) is 18.2 Å². The zero-order chi connectivity index (χ0) is 19.8. The van der Waals surface area contributed by atoms with E-state index in [9.17, 15) is 4.39 Å².